The Hall–Kier alpha value is -1.69. The number of rotatable bonds is 3. The Bertz CT molecular complexity index is 518. The number of imidazole rings is 1. The van der Waals surface area contributed by atoms with Crippen molar-refractivity contribution < 1.29 is 5.11 Å². The smallest absolute Gasteiger partial charge is 0.182 e. The number of aliphatic hydroxyl groups is 1. The molecule has 3 rings (SSSR count). The molecule has 0 atom stereocenters. The Morgan fingerprint density at radius 1 is 1.22 bits per heavy atom. The SMILES string of the molecule is OCC1CCC(Nc2ncnc3nc[nH]c23)CC1. The summed E-state index contributed by atoms with van der Waals surface area (Å²) in [6, 6.07) is 0.425. The van der Waals surface area contributed by atoms with Crippen molar-refractivity contribution in [2.75, 3.05) is 11.9 Å². The summed E-state index contributed by atoms with van der Waals surface area (Å²) in [5.41, 5.74) is 1.55. The maximum Gasteiger partial charge on any atom is 0.182 e. The van der Waals surface area contributed by atoms with E-state index in [-0.39, 0.29) is 0 Å². The van der Waals surface area contributed by atoms with Gasteiger partial charge in [-0.05, 0) is 31.6 Å². The van der Waals surface area contributed by atoms with E-state index in [1.165, 1.54) is 6.33 Å². The number of anilines is 1. The molecule has 0 aromatic carbocycles. The van der Waals surface area contributed by atoms with E-state index in [1.54, 1.807) is 6.33 Å². The van der Waals surface area contributed by atoms with Crippen LogP contribution < -0.4 is 5.32 Å². The van der Waals surface area contributed by atoms with Crippen LogP contribution in [0.25, 0.3) is 11.2 Å². The Morgan fingerprint density at radius 2 is 2.06 bits per heavy atom. The number of aliphatic hydroxyl groups excluding tert-OH is 1. The molecular formula is C12H17N5O. The van der Waals surface area contributed by atoms with Gasteiger partial charge >= 0.3 is 0 Å². The highest BCUT2D eigenvalue weighted by Crippen LogP contribution is 2.26. The predicted molar refractivity (Wildman–Crippen MR) is 68.1 cm³/mol. The molecule has 0 spiro atoms. The van der Waals surface area contributed by atoms with Crippen LogP contribution in [0.4, 0.5) is 5.82 Å². The van der Waals surface area contributed by atoms with E-state index < -0.39 is 0 Å². The fraction of sp³-hybridized carbons (Fsp3) is 0.583. The maximum absolute atomic E-state index is 9.13. The van der Waals surface area contributed by atoms with Crippen LogP contribution in [0.3, 0.4) is 0 Å². The topological polar surface area (TPSA) is 86.7 Å². The standard InChI is InChI=1S/C12H17N5O/c18-5-8-1-3-9(4-2-8)17-12-10-11(14-6-13-10)15-7-16-12/h6-9,18H,1-5H2,(H2,13,14,15,16,17). The summed E-state index contributed by atoms with van der Waals surface area (Å²) < 4.78 is 0. The van der Waals surface area contributed by atoms with Gasteiger partial charge in [0, 0.05) is 12.6 Å². The van der Waals surface area contributed by atoms with Crippen molar-refractivity contribution in [3.63, 3.8) is 0 Å². The molecule has 18 heavy (non-hydrogen) atoms. The highest BCUT2D eigenvalue weighted by molar-refractivity contribution is 5.82. The minimum atomic E-state index is 0.311. The molecule has 0 amide bonds. The second-order valence-electron chi connectivity index (χ2n) is 4.87. The zero-order chi connectivity index (χ0) is 12.4. The van der Waals surface area contributed by atoms with Gasteiger partial charge in [-0.25, -0.2) is 15.0 Å². The largest absolute Gasteiger partial charge is 0.396 e. The Kier molecular flexibility index (Phi) is 3.10. The van der Waals surface area contributed by atoms with E-state index in [4.69, 9.17) is 5.11 Å². The van der Waals surface area contributed by atoms with Crippen molar-refractivity contribution in [2.24, 2.45) is 5.92 Å². The van der Waals surface area contributed by atoms with Gasteiger partial charge < -0.3 is 15.4 Å². The maximum atomic E-state index is 9.13. The average molecular weight is 247 g/mol. The van der Waals surface area contributed by atoms with Gasteiger partial charge in [-0.3, -0.25) is 0 Å². The Morgan fingerprint density at radius 3 is 2.83 bits per heavy atom. The molecule has 1 aliphatic carbocycles. The number of aromatic nitrogens is 4. The molecule has 0 aliphatic heterocycles. The van der Waals surface area contributed by atoms with E-state index in [0.29, 0.717) is 24.2 Å². The number of nitrogens with one attached hydrogen (secondary N) is 2. The minimum Gasteiger partial charge on any atom is -0.396 e. The van der Waals surface area contributed by atoms with Crippen molar-refractivity contribution >= 4 is 17.0 Å². The molecule has 6 nitrogen and oxygen atoms in total. The summed E-state index contributed by atoms with van der Waals surface area (Å²) in [6.45, 7) is 0.311. The van der Waals surface area contributed by atoms with Crippen molar-refractivity contribution in [3.8, 4) is 0 Å². The summed E-state index contributed by atoms with van der Waals surface area (Å²) in [6.07, 6.45) is 7.46. The van der Waals surface area contributed by atoms with Crippen molar-refractivity contribution in [3.05, 3.63) is 12.7 Å². The molecule has 0 unspecified atom stereocenters. The normalized spacial score (nSPS) is 24.3. The van der Waals surface area contributed by atoms with Gasteiger partial charge in [-0.1, -0.05) is 0 Å². The van der Waals surface area contributed by atoms with Gasteiger partial charge in [0.1, 0.15) is 11.8 Å². The number of hydrogen-bond donors (Lipinski definition) is 3. The zero-order valence-corrected chi connectivity index (χ0v) is 10.1. The zero-order valence-electron chi connectivity index (χ0n) is 10.1. The minimum absolute atomic E-state index is 0.311. The first kappa shape index (κ1) is 11.4. The van der Waals surface area contributed by atoms with E-state index >= 15 is 0 Å². The Balaban J connectivity index is 1.71. The van der Waals surface area contributed by atoms with Crippen LogP contribution >= 0.6 is 0 Å². The summed E-state index contributed by atoms with van der Waals surface area (Å²) in [5, 5.41) is 12.6. The molecule has 0 radical (unpaired) electrons. The van der Waals surface area contributed by atoms with Crippen molar-refractivity contribution in [1.29, 1.82) is 0 Å². The van der Waals surface area contributed by atoms with Crippen LogP contribution in [0.15, 0.2) is 12.7 Å². The van der Waals surface area contributed by atoms with Crippen LogP contribution in [-0.2, 0) is 0 Å². The second kappa shape index (κ2) is 4.89. The molecule has 0 bridgehead atoms. The fourth-order valence-electron chi connectivity index (χ4n) is 2.56. The van der Waals surface area contributed by atoms with Gasteiger partial charge in [0.2, 0.25) is 0 Å². The number of aromatic amines is 1. The summed E-state index contributed by atoms with van der Waals surface area (Å²) in [5.74, 6) is 1.30. The van der Waals surface area contributed by atoms with Crippen LogP contribution in [0.1, 0.15) is 25.7 Å². The molecule has 96 valence electrons. The van der Waals surface area contributed by atoms with Gasteiger partial charge in [0.15, 0.2) is 11.5 Å². The van der Waals surface area contributed by atoms with Crippen LogP contribution in [0.2, 0.25) is 0 Å². The molecule has 1 fully saturated rings. The third kappa shape index (κ3) is 2.15. The van der Waals surface area contributed by atoms with Gasteiger partial charge in [0.05, 0.1) is 6.33 Å². The first-order valence-corrected chi connectivity index (χ1v) is 6.38. The van der Waals surface area contributed by atoms with E-state index in [0.717, 1.165) is 37.0 Å². The molecule has 6 heteroatoms. The molecular weight excluding hydrogens is 230 g/mol. The van der Waals surface area contributed by atoms with Crippen LogP contribution in [0, 0.1) is 5.92 Å². The summed E-state index contributed by atoms with van der Waals surface area (Å²) in [7, 11) is 0. The molecule has 2 aromatic heterocycles. The number of fused-ring (bicyclic) bond motifs is 1. The second-order valence-corrected chi connectivity index (χ2v) is 4.87. The van der Waals surface area contributed by atoms with E-state index in [1.807, 2.05) is 0 Å². The fourth-order valence-corrected chi connectivity index (χ4v) is 2.56. The van der Waals surface area contributed by atoms with E-state index in [2.05, 4.69) is 25.3 Å². The first-order valence-electron chi connectivity index (χ1n) is 6.38. The first-order chi connectivity index (χ1) is 8.86. The quantitative estimate of drug-likeness (QED) is 0.761. The van der Waals surface area contributed by atoms with Crippen molar-refractivity contribution in [1.82, 2.24) is 19.9 Å². The van der Waals surface area contributed by atoms with Gasteiger partial charge in [0.25, 0.3) is 0 Å². The third-order valence-corrected chi connectivity index (χ3v) is 3.67. The number of nitrogens with zero attached hydrogens (tertiary/aromatic N) is 3. The highest BCUT2D eigenvalue weighted by atomic mass is 16.3. The lowest BCUT2D eigenvalue weighted by molar-refractivity contribution is 0.186. The summed E-state index contributed by atoms with van der Waals surface area (Å²) >= 11 is 0. The van der Waals surface area contributed by atoms with Crippen molar-refractivity contribution in [2.45, 2.75) is 31.7 Å². The van der Waals surface area contributed by atoms with E-state index in [9.17, 15) is 0 Å². The molecule has 1 aliphatic rings. The molecule has 2 aromatic rings. The monoisotopic (exact) mass is 247 g/mol. The lowest BCUT2D eigenvalue weighted by atomic mass is 9.86. The predicted octanol–water partition coefficient (Wildman–Crippen LogP) is 1.32. The third-order valence-electron chi connectivity index (χ3n) is 3.67. The molecule has 3 N–H and O–H groups in total. The highest BCUT2D eigenvalue weighted by Gasteiger charge is 2.21. The lowest BCUT2D eigenvalue weighted by Gasteiger charge is -2.28. The van der Waals surface area contributed by atoms with Crippen LogP contribution in [0.5, 0.6) is 0 Å². The molecule has 1 saturated carbocycles. The van der Waals surface area contributed by atoms with Gasteiger partial charge in [-0.15, -0.1) is 0 Å². The number of hydrogen-bond acceptors (Lipinski definition) is 5. The average Bonchev–Trinajstić information content (AvgIpc) is 2.89. The lowest BCUT2D eigenvalue weighted by Crippen LogP contribution is -2.27. The van der Waals surface area contributed by atoms with Crippen LogP contribution in [-0.4, -0.2) is 37.7 Å². The Labute approximate surface area is 105 Å². The summed E-state index contributed by atoms with van der Waals surface area (Å²) in [4.78, 5) is 15.5. The van der Waals surface area contributed by atoms with Gasteiger partial charge in [-0.2, -0.15) is 0 Å². The molecule has 0 saturated heterocycles. The molecule has 2 heterocycles. The number of H-pyrrole nitrogens is 1.